The Kier molecular flexibility index (Phi) is 6.81. The van der Waals surface area contributed by atoms with Crippen LogP contribution in [0, 0.1) is 17.1 Å². The number of nitriles is 1. The largest absolute Gasteiger partial charge is 0.359 e. The minimum Gasteiger partial charge on any atom is -0.359 e. The molecule has 5 rings (SSSR count). The van der Waals surface area contributed by atoms with Crippen LogP contribution in [0.25, 0.3) is 28.0 Å². The van der Waals surface area contributed by atoms with Gasteiger partial charge in [-0.3, -0.25) is 9.20 Å². The summed E-state index contributed by atoms with van der Waals surface area (Å²) in [6.07, 6.45) is 6.16. The number of rotatable bonds is 7. The molecule has 9 nitrogen and oxygen atoms in total. The monoisotopic (exact) mass is 526 g/mol. The minimum absolute atomic E-state index is 0.116. The molecule has 1 aromatic carbocycles. The van der Waals surface area contributed by atoms with E-state index < -0.39 is 0 Å². The summed E-state index contributed by atoms with van der Waals surface area (Å²) in [5, 5.41) is 12.9. The number of aromatic nitrogens is 5. The molecule has 190 valence electrons. The van der Waals surface area contributed by atoms with E-state index in [0.29, 0.717) is 33.5 Å². The van der Waals surface area contributed by atoms with Gasteiger partial charge in [-0.1, -0.05) is 18.3 Å². The standard InChI is InChI=1S/C27H23FN8OS/c1-4-20-26(35(3)27-34-25(21(12-29)38-27)16-5-8-19(28)9-6-16)36-15-17(7-10-23(36)33-20)18-13-31-22(32-14-18)11-24(37)30-2/h5-10,13-15H,4,11H2,1-3H3,(H,30,37). The molecule has 0 unspecified atom stereocenters. The highest BCUT2D eigenvalue weighted by molar-refractivity contribution is 7.16. The van der Waals surface area contributed by atoms with Gasteiger partial charge in [0.05, 0.1) is 12.1 Å². The number of pyridine rings is 1. The number of hydrogen-bond acceptors (Lipinski definition) is 8. The molecule has 0 aliphatic carbocycles. The Morgan fingerprint density at radius 3 is 2.47 bits per heavy atom. The highest BCUT2D eigenvalue weighted by Gasteiger charge is 2.22. The third kappa shape index (κ3) is 4.69. The van der Waals surface area contributed by atoms with Crippen molar-refractivity contribution in [2.45, 2.75) is 19.8 Å². The molecular weight excluding hydrogens is 503 g/mol. The van der Waals surface area contributed by atoms with E-state index in [1.165, 1.54) is 23.5 Å². The van der Waals surface area contributed by atoms with Crippen LogP contribution in [0.5, 0.6) is 0 Å². The van der Waals surface area contributed by atoms with E-state index in [-0.39, 0.29) is 18.1 Å². The molecule has 38 heavy (non-hydrogen) atoms. The Hall–Kier alpha value is -4.69. The van der Waals surface area contributed by atoms with Gasteiger partial charge in [0.25, 0.3) is 0 Å². The normalized spacial score (nSPS) is 10.9. The second-order valence-corrected chi connectivity index (χ2v) is 9.45. The minimum atomic E-state index is -0.347. The number of benzene rings is 1. The Labute approximate surface area is 222 Å². The number of aryl methyl sites for hydroxylation is 1. The van der Waals surface area contributed by atoms with Crippen molar-refractivity contribution in [3.05, 3.63) is 77.2 Å². The van der Waals surface area contributed by atoms with Crippen LogP contribution in [0.2, 0.25) is 0 Å². The van der Waals surface area contributed by atoms with E-state index in [0.717, 1.165) is 28.3 Å². The van der Waals surface area contributed by atoms with Crippen molar-refractivity contribution >= 4 is 33.8 Å². The molecule has 0 aliphatic heterocycles. The number of anilines is 2. The number of likely N-dealkylation sites (N-methyl/N-ethyl adjacent to an activating group) is 1. The molecule has 0 saturated carbocycles. The van der Waals surface area contributed by atoms with Crippen molar-refractivity contribution in [3.8, 4) is 28.5 Å². The molecule has 1 N–H and O–H groups in total. The number of thiazole rings is 1. The number of carbonyl (C=O) groups is 1. The zero-order chi connectivity index (χ0) is 26.8. The first-order chi connectivity index (χ1) is 18.4. The molecule has 0 saturated heterocycles. The summed E-state index contributed by atoms with van der Waals surface area (Å²) in [5.41, 5.74) is 4.50. The smallest absolute Gasteiger partial charge is 0.227 e. The third-order valence-corrected chi connectivity index (χ3v) is 7.11. The number of imidazole rings is 1. The summed E-state index contributed by atoms with van der Waals surface area (Å²) in [5.74, 6) is 0.770. The third-order valence-electron chi connectivity index (χ3n) is 6.07. The van der Waals surface area contributed by atoms with Gasteiger partial charge in [-0.2, -0.15) is 5.26 Å². The molecule has 4 aromatic heterocycles. The summed E-state index contributed by atoms with van der Waals surface area (Å²) in [6, 6.07) is 12.1. The first kappa shape index (κ1) is 25.0. The van der Waals surface area contributed by atoms with Crippen LogP contribution in [-0.4, -0.2) is 44.3 Å². The highest BCUT2D eigenvalue weighted by Crippen LogP contribution is 2.37. The van der Waals surface area contributed by atoms with Crippen LogP contribution in [0.4, 0.5) is 15.3 Å². The van der Waals surface area contributed by atoms with Crippen LogP contribution in [0.15, 0.2) is 55.0 Å². The number of nitrogens with zero attached hydrogens (tertiary/aromatic N) is 7. The maximum absolute atomic E-state index is 13.5. The molecule has 5 aromatic rings. The second-order valence-electron chi connectivity index (χ2n) is 8.47. The fourth-order valence-electron chi connectivity index (χ4n) is 4.09. The van der Waals surface area contributed by atoms with E-state index in [4.69, 9.17) is 9.97 Å². The molecule has 0 atom stereocenters. The molecule has 4 heterocycles. The van der Waals surface area contributed by atoms with Crippen molar-refractivity contribution in [2.75, 3.05) is 19.0 Å². The first-order valence-electron chi connectivity index (χ1n) is 11.8. The Morgan fingerprint density at radius 2 is 1.82 bits per heavy atom. The molecule has 0 spiro atoms. The molecule has 0 radical (unpaired) electrons. The maximum Gasteiger partial charge on any atom is 0.227 e. The fraction of sp³-hybridized carbons (Fsp3) is 0.185. The van der Waals surface area contributed by atoms with Crippen LogP contribution in [0.3, 0.4) is 0 Å². The van der Waals surface area contributed by atoms with E-state index in [1.54, 1.807) is 31.6 Å². The predicted octanol–water partition coefficient (Wildman–Crippen LogP) is 4.54. The van der Waals surface area contributed by atoms with E-state index in [2.05, 4.69) is 21.4 Å². The van der Waals surface area contributed by atoms with Gasteiger partial charge < -0.3 is 10.2 Å². The van der Waals surface area contributed by atoms with Gasteiger partial charge in [0.1, 0.15) is 39.7 Å². The van der Waals surface area contributed by atoms with Gasteiger partial charge in [0.15, 0.2) is 5.13 Å². The van der Waals surface area contributed by atoms with Gasteiger partial charge in [-0.25, -0.2) is 24.3 Å². The Morgan fingerprint density at radius 1 is 1.11 bits per heavy atom. The lowest BCUT2D eigenvalue weighted by molar-refractivity contribution is -0.120. The van der Waals surface area contributed by atoms with Crippen LogP contribution >= 0.6 is 11.3 Å². The van der Waals surface area contributed by atoms with Crippen LogP contribution in [0.1, 0.15) is 23.3 Å². The zero-order valence-corrected chi connectivity index (χ0v) is 21.8. The molecular formula is C27H23FN8OS. The lowest BCUT2D eigenvalue weighted by Crippen LogP contribution is -2.21. The van der Waals surface area contributed by atoms with Gasteiger partial charge in [0.2, 0.25) is 5.91 Å². The molecule has 0 fully saturated rings. The number of halogens is 1. The molecule has 0 aliphatic rings. The fourth-order valence-corrected chi connectivity index (χ4v) is 4.94. The summed E-state index contributed by atoms with van der Waals surface area (Å²) < 4.78 is 15.4. The second kappa shape index (κ2) is 10.4. The van der Waals surface area contributed by atoms with Crippen molar-refractivity contribution < 1.29 is 9.18 Å². The summed E-state index contributed by atoms with van der Waals surface area (Å²) >= 11 is 1.27. The van der Waals surface area contributed by atoms with Crippen molar-refractivity contribution in [2.24, 2.45) is 0 Å². The number of fused-ring (bicyclic) bond motifs is 1. The lowest BCUT2D eigenvalue weighted by atomic mass is 10.1. The number of carbonyl (C=O) groups excluding carboxylic acids is 1. The van der Waals surface area contributed by atoms with E-state index in [9.17, 15) is 14.4 Å². The van der Waals surface area contributed by atoms with Gasteiger partial charge >= 0.3 is 0 Å². The Bertz CT molecular complexity index is 1670. The zero-order valence-electron chi connectivity index (χ0n) is 20.9. The average molecular weight is 527 g/mol. The first-order valence-corrected chi connectivity index (χ1v) is 12.7. The molecule has 0 bridgehead atoms. The van der Waals surface area contributed by atoms with Crippen LogP contribution < -0.4 is 10.2 Å². The maximum atomic E-state index is 13.5. The van der Waals surface area contributed by atoms with Gasteiger partial charge in [0, 0.05) is 49.4 Å². The van der Waals surface area contributed by atoms with Crippen molar-refractivity contribution in [1.29, 1.82) is 5.26 Å². The lowest BCUT2D eigenvalue weighted by Gasteiger charge is -2.17. The number of amides is 1. The topological polar surface area (TPSA) is 112 Å². The van der Waals surface area contributed by atoms with E-state index in [1.807, 2.05) is 41.6 Å². The predicted molar refractivity (Wildman–Crippen MR) is 144 cm³/mol. The molecule has 1 amide bonds. The number of nitrogens with one attached hydrogen (secondary N) is 1. The van der Waals surface area contributed by atoms with Crippen LogP contribution in [-0.2, 0) is 17.6 Å². The highest BCUT2D eigenvalue weighted by atomic mass is 32.1. The summed E-state index contributed by atoms with van der Waals surface area (Å²) in [7, 11) is 3.47. The summed E-state index contributed by atoms with van der Waals surface area (Å²) in [4.78, 5) is 32.2. The van der Waals surface area contributed by atoms with Gasteiger partial charge in [-0.05, 0) is 42.8 Å². The SMILES string of the molecule is CCc1nc2ccc(-c3cnc(CC(=O)NC)nc3)cn2c1N(C)c1nc(-c2ccc(F)cc2)c(C#N)s1. The van der Waals surface area contributed by atoms with Crippen molar-refractivity contribution in [1.82, 2.24) is 29.7 Å². The molecule has 11 heteroatoms. The quantitative estimate of drug-likeness (QED) is 0.331. The Balaban J connectivity index is 1.54. The average Bonchev–Trinajstić information content (AvgIpc) is 3.54. The number of hydrogen-bond donors (Lipinski definition) is 1. The van der Waals surface area contributed by atoms with Crippen molar-refractivity contribution in [3.63, 3.8) is 0 Å². The summed E-state index contributed by atoms with van der Waals surface area (Å²) in [6.45, 7) is 2.03. The van der Waals surface area contributed by atoms with Gasteiger partial charge in [-0.15, -0.1) is 0 Å². The van der Waals surface area contributed by atoms with E-state index >= 15 is 0 Å².